The van der Waals surface area contributed by atoms with Crippen LogP contribution in [0.1, 0.15) is 41.6 Å². The highest BCUT2D eigenvalue weighted by Gasteiger charge is 2.23. The number of amides is 1. The zero-order valence-corrected chi connectivity index (χ0v) is 13.5. The molecule has 122 valence electrons. The Morgan fingerprint density at radius 2 is 1.96 bits per heavy atom. The lowest BCUT2D eigenvalue weighted by atomic mass is 9.92. The Kier molecular flexibility index (Phi) is 4.48. The fourth-order valence-corrected chi connectivity index (χ4v) is 3.26. The maximum atomic E-state index is 12.6. The molecule has 1 aliphatic carbocycles. The van der Waals surface area contributed by atoms with Crippen molar-refractivity contribution in [3.63, 3.8) is 0 Å². The Hall–Kier alpha value is -2.14. The predicted octanol–water partition coefficient (Wildman–Crippen LogP) is 2.52. The van der Waals surface area contributed by atoms with Crippen LogP contribution in [0.3, 0.4) is 0 Å². The summed E-state index contributed by atoms with van der Waals surface area (Å²) in [4.78, 5) is 27.2. The average Bonchev–Trinajstić information content (AvgIpc) is 2.55. The summed E-state index contributed by atoms with van der Waals surface area (Å²) >= 11 is 0. The molecule has 1 aromatic carbocycles. The van der Waals surface area contributed by atoms with E-state index < -0.39 is 0 Å². The van der Waals surface area contributed by atoms with Crippen LogP contribution in [0.2, 0.25) is 0 Å². The van der Waals surface area contributed by atoms with E-state index in [1.54, 1.807) is 7.11 Å². The molecular formula is C18H22N2O3. The molecule has 5 heteroatoms. The molecule has 1 aliphatic rings. The summed E-state index contributed by atoms with van der Waals surface area (Å²) in [7, 11) is 1.73. The third-order valence-electron chi connectivity index (χ3n) is 4.59. The summed E-state index contributed by atoms with van der Waals surface area (Å²) in [5.41, 5.74) is 1.94. The largest absolute Gasteiger partial charge is 0.381 e. The number of fused-ring (bicyclic) bond motifs is 1. The number of benzene rings is 1. The van der Waals surface area contributed by atoms with Gasteiger partial charge in [0.05, 0.1) is 11.7 Å². The number of ether oxygens (including phenoxy) is 1. The van der Waals surface area contributed by atoms with E-state index in [1.165, 1.54) is 6.07 Å². The SMILES string of the molecule is COC1CCC(NC(=O)c2cc(=O)[nH]c3ccc(C)cc23)CC1. The summed E-state index contributed by atoms with van der Waals surface area (Å²) in [6.07, 6.45) is 4.02. The Bertz CT molecular complexity index is 773. The van der Waals surface area contributed by atoms with Gasteiger partial charge in [0.15, 0.2) is 0 Å². The lowest BCUT2D eigenvalue weighted by Gasteiger charge is -2.28. The van der Waals surface area contributed by atoms with Gasteiger partial charge < -0.3 is 15.0 Å². The van der Waals surface area contributed by atoms with Crippen molar-refractivity contribution in [2.75, 3.05) is 7.11 Å². The lowest BCUT2D eigenvalue weighted by Crippen LogP contribution is -2.39. The highest BCUT2D eigenvalue weighted by Crippen LogP contribution is 2.22. The van der Waals surface area contributed by atoms with Gasteiger partial charge in [-0.3, -0.25) is 9.59 Å². The van der Waals surface area contributed by atoms with Gasteiger partial charge in [-0.1, -0.05) is 11.6 Å². The van der Waals surface area contributed by atoms with Gasteiger partial charge in [-0.05, 0) is 44.7 Å². The van der Waals surface area contributed by atoms with Gasteiger partial charge in [0.1, 0.15) is 0 Å². The van der Waals surface area contributed by atoms with Crippen molar-refractivity contribution < 1.29 is 9.53 Å². The van der Waals surface area contributed by atoms with E-state index in [1.807, 2.05) is 25.1 Å². The van der Waals surface area contributed by atoms with E-state index in [4.69, 9.17) is 4.74 Å². The van der Waals surface area contributed by atoms with Crippen LogP contribution in [-0.2, 0) is 4.74 Å². The first-order valence-corrected chi connectivity index (χ1v) is 8.04. The zero-order valence-electron chi connectivity index (χ0n) is 13.5. The maximum Gasteiger partial charge on any atom is 0.252 e. The number of aromatic nitrogens is 1. The molecule has 1 aromatic heterocycles. The Balaban J connectivity index is 1.83. The third kappa shape index (κ3) is 3.45. The Labute approximate surface area is 135 Å². The second-order valence-electron chi connectivity index (χ2n) is 6.28. The quantitative estimate of drug-likeness (QED) is 0.914. The lowest BCUT2D eigenvalue weighted by molar-refractivity contribution is 0.0599. The van der Waals surface area contributed by atoms with Crippen molar-refractivity contribution in [2.24, 2.45) is 0 Å². The van der Waals surface area contributed by atoms with Crippen molar-refractivity contribution in [2.45, 2.75) is 44.8 Å². The van der Waals surface area contributed by atoms with E-state index in [-0.39, 0.29) is 17.5 Å². The summed E-state index contributed by atoms with van der Waals surface area (Å²) in [5.74, 6) is -0.174. The van der Waals surface area contributed by atoms with Crippen LogP contribution in [0.5, 0.6) is 0 Å². The summed E-state index contributed by atoms with van der Waals surface area (Å²) in [6, 6.07) is 7.23. The van der Waals surface area contributed by atoms with Gasteiger partial charge in [0, 0.05) is 30.1 Å². The molecular weight excluding hydrogens is 292 g/mol. The molecule has 1 heterocycles. The molecule has 0 aliphatic heterocycles. The van der Waals surface area contributed by atoms with Gasteiger partial charge in [-0.2, -0.15) is 0 Å². The molecule has 0 spiro atoms. The van der Waals surface area contributed by atoms with Crippen molar-refractivity contribution in [1.82, 2.24) is 10.3 Å². The number of hydrogen-bond acceptors (Lipinski definition) is 3. The molecule has 23 heavy (non-hydrogen) atoms. The molecule has 0 atom stereocenters. The van der Waals surface area contributed by atoms with Gasteiger partial charge in [-0.15, -0.1) is 0 Å². The zero-order chi connectivity index (χ0) is 16.4. The summed E-state index contributed by atoms with van der Waals surface area (Å²) in [5, 5.41) is 3.86. The predicted molar refractivity (Wildman–Crippen MR) is 89.8 cm³/mol. The molecule has 0 radical (unpaired) electrons. The standard InChI is InChI=1S/C18H22N2O3/c1-11-3-8-16-14(9-11)15(10-17(21)20-16)18(22)19-12-4-6-13(23-2)7-5-12/h3,8-10,12-13H,4-7H2,1-2H3,(H,19,22)(H,20,21). The number of hydrogen-bond donors (Lipinski definition) is 2. The first kappa shape index (κ1) is 15.7. The molecule has 2 aromatic rings. The fraction of sp³-hybridized carbons (Fsp3) is 0.444. The van der Waals surface area contributed by atoms with E-state index >= 15 is 0 Å². The molecule has 0 unspecified atom stereocenters. The van der Waals surface area contributed by atoms with Crippen molar-refractivity contribution in [3.05, 3.63) is 45.7 Å². The molecule has 1 fully saturated rings. The van der Waals surface area contributed by atoms with Gasteiger partial charge in [0.2, 0.25) is 5.56 Å². The third-order valence-corrected chi connectivity index (χ3v) is 4.59. The van der Waals surface area contributed by atoms with E-state index in [0.29, 0.717) is 17.2 Å². The van der Waals surface area contributed by atoms with Gasteiger partial charge in [0.25, 0.3) is 5.91 Å². The fourth-order valence-electron chi connectivity index (χ4n) is 3.26. The number of carbonyl (C=O) groups excluding carboxylic acids is 1. The molecule has 1 saturated carbocycles. The number of nitrogens with one attached hydrogen (secondary N) is 2. The number of carbonyl (C=O) groups is 1. The number of methoxy groups -OCH3 is 1. The van der Waals surface area contributed by atoms with E-state index in [0.717, 1.165) is 36.6 Å². The molecule has 2 N–H and O–H groups in total. The van der Waals surface area contributed by atoms with Crippen molar-refractivity contribution in [3.8, 4) is 0 Å². The highest BCUT2D eigenvalue weighted by atomic mass is 16.5. The van der Waals surface area contributed by atoms with Gasteiger partial charge in [-0.25, -0.2) is 0 Å². The minimum Gasteiger partial charge on any atom is -0.381 e. The number of rotatable bonds is 3. The second-order valence-corrected chi connectivity index (χ2v) is 6.28. The molecule has 1 amide bonds. The smallest absolute Gasteiger partial charge is 0.252 e. The number of aryl methyl sites for hydroxylation is 1. The van der Waals surface area contributed by atoms with Crippen molar-refractivity contribution in [1.29, 1.82) is 0 Å². The topological polar surface area (TPSA) is 71.2 Å². The molecule has 3 rings (SSSR count). The molecule has 5 nitrogen and oxygen atoms in total. The summed E-state index contributed by atoms with van der Waals surface area (Å²) in [6.45, 7) is 1.97. The monoisotopic (exact) mass is 314 g/mol. The van der Waals surface area contributed by atoms with E-state index in [2.05, 4.69) is 10.3 Å². The van der Waals surface area contributed by atoms with Crippen LogP contribution in [0.25, 0.3) is 10.9 Å². The Morgan fingerprint density at radius 1 is 1.22 bits per heavy atom. The van der Waals surface area contributed by atoms with Crippen LogP contribution >= 0.6 is 0 Å². The molecule has 0 saturated heterocycles. The maximum absolute atomic E-state index is 12.6. The second kappa shape index (κ2) is 6.54. The highest BCUT2D eigenvalue weighted by molar-refractivity contribution is 6.06. The van der Waals surface area contributed by atoms with Gasteiger partial charge >= 0.3 is 0 Å². The number of H-pyrrole nitrogens is 1. The average molecular weight is 314 g/mol. The first-order valence-electron chi connectivity index (χ1n) is 8.04. The minimum atomic E-state index is -0.255. The van der Waals surface area contributed by atoms with E-state index in [9.17, 15) is 9.59 Å². The van der Waals surface area contributed by atoms with Crippen LogP contribution in [0, 0.1) is 6.92 Å². The first-order chi connectivity index (χ1) is 11.1. The minimum absolute atomic E-state index is 0.146. The normalized spacial score (nSPS) is 21.3. The van der Waals surface area contributed by atoms with Crippen LogP contribution < -0.4 is 10.9 Å². The number of aromatic amines is 1. The Morgan fingerprint density at radius 3 is 2.65 bits per heavy atom. The van der Waals surface area contributed by atoms with Crippen LogP contribution in [-0.4, -0.2) is 30.1 Å². The molecule has 0 bridgehead atoms. The van der Waals surface area contributed by atoms with Crippen LogP contribution in [0.4, 0.5) is 0 Å². The van der Waals surface area contributed by atoms with Crippen molar-refractivity contribution >= 4 is 16.8 Å². The summed E-state index contributed by atoms with van der Waals surface area (Å²) < 4.78 is 5.36. The number of pyridine rings is 1. The van der Waals surface area contributed by atoms with Crippen LogP contribution in [0.15, 0.2) is 29.1 Å².